The Labute approximate surface area is 252 Å². The predicted molar refractivity (Wildman–Crippen MR) is 165 cm³/mol. The number of halogens is 3. The van der Waals surface area contributed by atoms with Crippen LogP contribution in [0.2, 0.25) is 0 Å². The van der Waals surface area contributed by atoms with E-state index in [1.807, 2.05) is 6.07 Å². The number of aromatic nitrogens is 2. The molecule has 0 saturated carbocycles. The summed E-state index contributed by atoms with van der Waals surface area (Å²) >= 11 is -0.0239. The highest BCUT2D eigenvalue weighted by Crippen LogP contribution is 2.32. The number of anilines is 2. The summed E-state index contributed by atoms with van der Waals surface area (Å²) in [5.74, 6) is 7.62. The van der Waals surface area contributed by atoms with E-state index in [1.54, 1.807) is 24.3 Å². The zero-order valence-corrected chi connectivity index (χ0v) is 26.0. The number of nitrogens with one attached hydrogen (secondary N) is 2. The van der Waals surface area contributed by atoms with Crippen LogP contribution in [-0.4, -0.2) is 91.8 Å². The minimum atomic E-state index is -4.44. The van der Waals surface area contributed by atoms with Gasteiger partial charge in [0.05, 0.1) is 52.2 Å². The Hall–Kier alpha value is -2.93. The average Bonchev–Trinajstić information content (AvgIpc) is 3.28. The van der Waals surface area contributed by atoms with Crippen LogP contribution in [0.3, 0.4) is 0 Å². The van der Waals surface area contributed by atoms with Gasteiger partial charge in [-0.2, -0.15) is 13.2 Å². The fourth-order valence-corrected chi connectivity index (χ4v) is 11.0. The van der Waals surface area contributed by atoms with Gasteiger partial charge in [-0.15, -0.1) is 4.31 Å². The van der Waals surface area contributed by atoms with E-state index >= 15 is 0 Å². The van der Waals surface area contributed by atoms with Crippen molar-refractivity contribution < 1.29 is 30.0 Å². The third kappa shape index (κ3) is 8.17. The lowest BCUT2D eigenvalue weighted by atomic mass is 10.1. The summed E-state index contributed by atoms with van der Waals surface area (Å²) in [6.07, 6.45) is -0.305. The van der Waals surface area contributed by atoms with E-state index < -0.39 is 32.4 Å². The van der Waals surface area contributed by atoms with Crippen molar-refractivity contribution in [2.75, 3.05) is 59.5 Å². The number of hydrogen-bond donors (Lipinski definition) is 2. The zero-order valence-electron chi connectivity index (χ0n) is 23.5. The topological polar surface area (TPSA) is 113 Å². The second-order valence-corrected chi connectivity index (χ2v) is 17.2. The smallest absolute Gasteiger partial charge is 0.382 e. The lowest BCUT2D eigenvalue weighted by molar-refractivity contribution is -0.140. The Morgan fingerprint density at radius 1 is 1.12 bits per heavy atom. The van der Waals surface area contributed by atoms with Crippen LogP contribution in [0.25, 0.3) is 10.9 Å². The molecule has 0 spiro atoms. The normalized spacial score (nSPS) is 18.7. The molecule has 0 aliphatic carbocycles. The Morgan fingerprint density at radius 2 is 1.84 bits per heavy atom. The molecule has 0 unspecified atom stereocenters. The molecule has 4 heterocycles. The average molecular weight is 657 g/mol. The largest absolute Gasteiger partial charge is 0.406 e. The third-order valence-electron chi connectivity index (χ3n) is 7.44. The molecule has 0 atom stereocenters. The SMILES string of the molecule is CS(=O)(=O)c1ccc(NCC#Cc2cc3c(NC4CCN([S+]5CCS(=O)(=O)CC5)CC4)cccc3n2CC(F)(F)F)cn1. The molecule has 2 aliphatic rings. The first-order chi connectivity index (χ1) is 20.3. The van der Waals surface area contributed by atoms with Crippen molar-refractivity contribution in [1.82, 2.24) is 13.9 Å². The minimum absolute atomic E-state index is 0.0239. The molecule has 0 radical (unpaired) electrons. The van der Waals surface area contributed by atoms with Crippen molar-refractivity contribution in [3.8, 4) is 11.8 Å². The number of sulfone groups is 2. The molecule has 2 aliphatic heterocycles. The van der Waals surface area contributed by atoms with Crippen LogP contribution in [0.4, 0.5) is 24.5 Å². The van der Waals surface area contributed by atoms with Crippen molar-refractivity contribution in [3.63, 3.8) is 0 Å². The summed E-state index contributed by atoms with van der Waals surface area (Å²) in [4.78, 5) is 3.90. The summed E-state index contributed by atoms with van der Waals surface area (Å²) < 4.78 is 91.0. The molecule has 3 aromatic rings. The monoisotopic (exact) mass is 656 g/mol. The van der Waals surface area contributed by atoms with Crippen molar-refractivity contribution >= 4 is 53.0 Å². The maximum atomic E-state index is 13.6. The Balaban J connectivity index is 1.28. The molecule has 2 fully saturated rings. The van der Waals surface area contributed by atoms with Gasteiger partial charge in [0, 0.05) is 36.5 Å². The highest BCUT2D eigenvalue weighted by Gasteiger charge is 2.38. The number of alkyl halides is 3. The summed E-state index contributed by atoms with van der Waals surface area (Å²) in [5, 5.41) is 7.13. The molecule has 0 bridgehead atoms. The van der Waals surface area contributed by atoms with Gasteiger partial charge < -0.3 is 15.2 Å². The van der Waals surface area contributed by atoms with Crippen molar-refractivity contribution in [2.24, 2.45) is 0 Å². The van der Waals surface area contributed by atoms with E-state index in [4.69, 9.17) is 0 Å². The molecule has 1 aromatic carbocycles. The highest BCUT2D eigenvalue weighted by atomic mass is 32.2. The van der Waals surface area contributed by atoms with Crippen LogP contribution >= 0.6 is 0 Å². The van der Waals surface area contributed by atoms with Gasteiger partial charge in [0.25, 0.3) is 0 Å². The summed E-state index contributed by atoms with van der Waals surface area (Å²) in [5.41, 5.74) is 1.95. The number of hydrogen-bond acceptors (Lipinski definition) is 8. The van der Waals surface area contributed by atoms with E-state index in [2.05, 4.69) is 31.8 Å². The molecular weight excluding hydrogens is 624 g/mol. The first-order valence-electron chi connectivity index (χ1n) is 13.7. The molecule has 15 heteroatoms. The molecule has 232 valence electrons. The standard InChI is InChI=1S/C28H33F3N5O4S3/c1-42(37,38)27-8-7-22(19-33-27)32-11-3-4-23-18-24-25(5-2-6-26(24)36(23)20-28(29,30)31)34-21-9-12-35(13-10-21)41-14-16-43(39,40)17-15-41/h2,5-8,18-19,21,32,34H,9-17,20H2,1H3/q+1. The lowest BCUT2D eigenvalue weighted by Crippen LogP contribution is -2.48. The van der Waals surface area contributed by atoms with Crippen LogP contribution in [0, 0.1) is 11.8 Å². The molecule has 9 nitrogen and oxygen atoms in total. The molecule has 2 saturated heterocycles. The van der Waals surface area contributed by atoms with Gasteiger partial charge in [0.1, 0.15) is 18.1 Å². The maximum Gasteiger partial charge on any atom is 0.406 e. The number of nitrogens with zero attached hydrogens (tertiary/aromatic N) is 3. The number of benzene rings is 1. The Kier molecular flexibility index (Phi) is 9.22. The van der Waals surface area contributed by atoms with Gasteiger partial charge in [-0.3, -0.25) is 0 Å². The van der Waals surface area contributed by atoms with Crippen molar-refractivity contribution in [1.29, 1.82) is 0 Å². The van der Waals surface area contributed by atoms with E-state index in [0.717, 1.165) is 37.9 Å². The Bertz CT molecular complexity index is 1730. The molecular formula is C28H33F3N5O4S3+. The van der Waals surface area contributed by atoms with Gasteiger partial charge in [-0.1, -0.05) is 12.0 Å². The van der Waals surface area contributed by atoms with Gasteiger partial charge in [0.15, 0.2) is 24.7 Å². The predicted octanol–water partition coefficient (Wildman–Crippen LogP) is 3.30. The highest BCUT2D eigenvalue weighted by molar-refractivity contribution is 8.00. The zero-order chi connectivity index (χ0) is 30.8. The first-order valence-corrected chi connectivity index (χ1v) is 19.0. The molecule has 2 N–H and O–H groups in total. The van der Waals surface area contributed by atoms with E-state index in [9.17, 15) is 30.0 Å². The third-order valence-corrected chi connectivity index (χ3v) is 13.1. The van der Waals surface area contributed by atoms with Gasteiger partial charge >= 0.3 is 6.18 Å². The molecule has 5 rings (SSSR count). The number of pyridine rings is 1. The fourth-order valence-electron chi connectivity index (χ4n) is 5.24. The summed E-state index contributed by atoms with van der Waals surface area (Å²) in [6.45, 7) is 0.639. The first kappa shape index (κ1) is 31.5. The Morgan fingerprint density at radius 3 is 2.47 bits per heavy atom. The van der Waals surface area contributed by atoms with Gasteiger partial charge in [-0.05, 0) is 49.1 Å². The van der Waals surface area contributed by atoms with E-state index in [-0.39, 0.29) is 45.9 Å². The quantitative estimate of drug-likeness (QED) is 0.295. The van der Waals surface area contributed by atoms with Crippen LogP contribution in [0.1, 0.15) is 18.5 Å². The second kappa shape index (κ2) is 12.6. The van der Waals surface area contributed by atoms with E-state index in [0.29, 0.717) is 28.1 Å². The number of rotatable bonds is 7. The van der Waals surface area contributed by atoms with Crippen LogP contribution in [0.15, 0.2) is 47.6 Å². The molecule has 43 heavy (non-hydrogen) atoms. The molecule has 0 amide bonds. The van der Waals surface area contributed by atoms with Crippen molar-refractivity contribution in [3.05, 3.63) is 48.3 Å². The molecule has 2 aromatic heterocycles. The lowest BCUT2D eigenvalue weighted by Gasteiger charge is -2.32. The van der Waals surface area contributed by atoms with E-state index in [1.165, 1.54) is 16.8 Å². The van der Waals surface area contributed by atoms with Gasteiger partial charge in [0.2, 0.25) is 0 Å². The van der Waals surface area contributed by atoms with Gasteiger partial charge in [-0.25, -0.2) is 21.8 Å². The second-order valence-electron chi connectivity index (χ2n) is 10.7. The summed E-state index contributed by atoms with van der Waals surface area (Å²) in [6, 6.07) is 10.0. The van der Waals surface area contributed by atoms with Crippen LogP contribution in [0.5, 0.6) is 0 Å². The fraction of sp³-hybridized carbons (Fsp3) is 0.464. The number of fused-ring (bicyclic) bond motifs is 1. The minimum Gasteiger partial charge on any atom is -0.382 e. The maximum absolute atomic E-state index is 13.6. The van der Waals surface area contributed by atoms with Crippen LogP contribution < -0.4 is 10.6 Å². The number of piperidine rings is 1. The van der Waals surface area contributed by atoms with Crippen LogP contribution in [-0.2, 0) is 37.3 Å². The summed E-state index contributed by atoms with van der Waals surface area (Å²) in [7, 11) is -6.33. The van der Waals surface area contributed by atoms with Crippen molar-refractivity contribution in [2.45, 2.75) is 36.6 Å².